The van der Waals surface area contributed by atoms with Gasteiger partial charge in [-0.25, -0.2) is 15.0 Å². The number of hydrogen-bond donors (Lipinski definition) is 1. The van der Waals surface area contributed by atoms with Gasteiger partial charge >= 0.3 is 5.97 Å². The third-order valence-corrected chi connectivity index (χ3v) is 9.78. The fraction of sp³-hybridized carbons (Fsp3) is 0.536. The molecule has 3 aromatic rings. The molecule has 11 heteroatoms. The molecule has 2 saturated heterocycles. The molecule has 0 aromatic carbocycles. The molecule has 9 nitrogen and oxygen atoms in total. The third-order valence-electron chi connectivity index (χ3n) is 7.68. The summed E-state index contributed by atoms with van der Waals surface area (Å²) in [5.41, 5.74) is 2.59. The second-order valence-corrected chi connectivity index (χ2v) is 12.7. The number of Topliss-reactive ketones (excluding diaryl/α,β-unsaturated/α-hetero) is 1. The van der Waals surface area contributed by atoms with Gasteiger partial charge in [0.2, 0.25) is 0 Å². The molecule has 0 radical (unpaired) electrons. The van der Waals surface area contributed by atoms with Gasteiger partial charge in [-0.2, -0.15) is 0 Å². The van der Waals surface area contributed by atoms with E-state index in [1.165, 1.54) is 23.3 Å². The van der Waals surface area contributed by atoms with Crippen molar-refractivity contribution in [2.24, 2.45) is 0 Å². The highest BCUT2D eigenvalue weighted by molar-refractivity contribution is 7.15. The van der Waals surface area contributed by atoms with Crippen LogP contribution in [0.15, 0.2) is 23.8 Å². The van der Waals surface area contributed by atoms with E-state index in [0.717, 1.165) is 54.1 Å². The van der Waals surface area contributed by atoms with E-state index in [0.29, 0.717) is 18.3 Å². The first-order chi connectivity index (χ1) is 18.8. The van der Waals surface area contributed by atoms with Crippen LogP contribution in [-0.2, 0) is 17.8 Å². The van der Waals surface area contributed by atoms with E-state index in [2.05, 4.69) is 56.9 Å². The Morgan fingerprint density at radius 3 is 2.59 bits per heavy atom. The number of hydrogen-bond acceptors (Lipinski definition) is 10. The Labute approximate surface area is 237 Å². The maximum Gasteiger partial charge on any atom is 0.304 e. The zero-order chi connectivity index (χ0) is 27.5. The smallest absolute Gasteiger partial charge is 0.304 e. The molecule has 2 atom stereocenters. The third kappa shape index (κ3) is 6.71. The molecule has 5 heterocycles. The summed E-state index contributed by atoms with van der Waals surface area (Å²) < 4.78 is 0. The first kappa shape index (κ1) is 27.8. The highest BCUT2D eigenvalue weighted by atomic mass is 32.1. The fourth-order valence-corrected chi connectivity index (χ4v) is 7.46. The topological polar surface area (TPSA) is 103 Å². The quantitative estimate of drug-likeness (QED) is 0.357. The average Bonchev–Trinajstić information content (AvgIpc) is 3.63. The SMILES string of the molecule is Cc1csc(-c2nc(CC(=O)c3cnc(N4CCN(CCC(=O)O)[C@@H](C)C4)cn3)sc2CN2CCC[C@H]2C)c1. The highest BCUT2D eigenvalue weighted by Crippen LogP contribution is 2.35. The molecule has 0 bridgehead atoms. The van der Waals surface area contributed by atoms with Crippen LogP contribution in [0.2, 0.25) is 0 Å². The summed E-state index contributed by atoms with van der Waals surface area (Å²) in [7, 11) is 0. The van der Waals surface area contributed by atoms with Gasteiger partial charge in [-0.1, -0.05) is 0 Å². The number of likely N-dealkylation sites (tertiary alicyclic amines) is 1. The second kappa shape index (κ2) is 12.2. The number of nitrogens with zero attached hydrogens (tertiary/aromatic N) is 6. The van der Waals surface area contributed by atoms with Crippen LogP contribution in [0.5, 0.6) is 0 Å². The average molecular weight is 569 g/mol. The lowest BCUT2D eigenvalue weighted by Gasteiger charge is -2.40. The molecular weight excluding hydrogens is 532 g/mol. The summed E-state index contributed by atoms with van der Waals surface area (Å²) in [6, 6.07) is 2.96. The Hall–Kier alpha value is -2.73. The van der Waals surface area contributed by atoms with Crippen molar-refractivity contribution in [1.29, 1.82) is 0 Å². The minimum absolute atomic E-state index is 0.0790. The minimum Gasteiger partial charge on any atom is -0.481 e. The van der Waals surface area contributed by atoms with Crippen molar-refractivity contribution in [3.05, 3.63) is 45.0 Å². The molecule has 1 N–H and O–H groups in total. The van der Waals surface area contributed by atoms with Gasteiger partial charge in [0.05, 0.1) is 35.8 Å². The van der Waals surface area contributed by atoms with E-state index in [9.17, 15) is 9.59 Å². The van der Waals surface area contributed by atoms with Gasteiger partial charge in [-0.05, 0) is 57.2 Å². The molecule has 2 aliphatic heterocycles. The first-order valence-electron chi connectivity index (χ1n) is 13.6. The van der Waals surface area contributed by atoms with E-state index in [1.54, 1.807) is 35.1 Å². The van der Waals surface area contributed by atoms with E-state index in [4.69, 9.17) is 10.1 Å². The number of ketones is 1. The lowest BCUT2D eigenvalue weighted by Crippen LogP contribution is -2.52. The fourth-order valence-electron chi connectivity index (χ4n) is 5.37. The molecule has 0 aliphatic carbocycles. The number of aliphatic carboxylic acids is 1. The van der Waals surface area contributed by atoms with Gasteiger partial charge in [0.25, 0.3) is 0 Å². The molecule has 2 fully saturated rings. The molecule has 2 aliphatic rings. The van der Waals surface area contributed by atoms with Crippen LogP contribution < -0.4 is 4.90 Å². The predicted octanol–water partition coefficient (Wildman–Crippen LogP) is 4.36. The lowest BCUT2D eigenvalue weighted by atomic mass is 10.2. The summed E-state index contributed by atoms with van der Waals surface area (Å²) in [5.74, 6) is -0.115. The second-order valence-electron chi connectivity index (χ2n) is 10.7. The molecule has 0 amide bonds. The number of carboxylic acids is 1. The summed E-state index contributed by atoms with van der Waals surface area (Å²) in [6.45, 7) is 11.3. The number of aromatic nitrogens is 3. The van der Waals surface area contributed by atoms with Crippen molar-refractivity contribution < 1.29 is 14.7 Å². The van der Waals surface area contributed by atoms with Crippen LogP contribution in [-0.4, -0.2) is 86.4 Å². The highest BCUT2D eigenvalue weighted by Gasteiger charge is 2.26. The molecular formula is C28H36N6O3S2. The van der Waals surface area contributed by atoms with Crippen molar-refractivity contribution in [2.45, 2.75) is 65.1 Å². The van der Waals surface area contributed by atoms with Crippen LogP contribution in [0.4, 0.5) is 5.82 Å². The Morgan fingerprint density at radius 2 is 1.95 bits per heavy atom. The zero-order valence-electron chi connectivity index (χ0n) is 22.8. The summed E-state index contributed by atoms with van der Waals surface area (Å²) in [5, 5.41) is 11.9. The molecule has 208 valence electrons. The Bertz CT molecular complexity index is 1310. The van der Waals surface area contributed by atoms with Gasteiger partial charge in [0, 0.05) is 49.7 Å². The van der Waals surface area contributed by atoms with Crippen LogP contribution >= 0.6 is 22.7 Å². The van der Waals surface area contributed by atoms with Gasteiger partial charge in [0.15, 0.2) is 5.78 Å². The Balaban J connectivity index is 1.25. The molecule has 5 rings (SSSR count). The van der Waals surface area contributed by atoms with E-state index < -0.39 is 5.97 Å². The number of carbonyl (C=O) groups excluding carboxylic acids is 1. The normalized spacial score (nSPS) is 20.5. The minimum atomic E-state index is -0.774. The van der Waals surface area contributed by atoms with Crippen molar-refractivity contribution in [2.75, 3.05) is 37.6 Å². The first-order valence-corrected chi connectivity index (χ1v) is 15.3. The zero-order valence-corrected chi connectivity index (χ0v) is 24.4. The van der Waals surface area contributed by atoms with E-state index in [-0.39, 0.29) is 24.7 Å². The number of anilines is 1. The summed E-state index contributed by atoms with van der Waals surface area (Å²) in [4.78, 5) is 47.3. The standard InChI is InChI=1S/C28H36N6O3S2/c1-18-11-23(38-17-18)28-24(16-33-7-4-5-19(33)2)39-26(31-28)12-22(35)21-13-30-25(14-29-21)34-10-9-32(20(3)15-34)8-6-27(36)37/h11,13-14,17,19-20H,4-10,12,15-16H2,1-3H3,(H,36,37)/t19-,20+/m1/s1. The van der Waals surface area contributed by atoms with Gasteiger partial charge in [-0.15, -0.1) is 22.7 Å². The molecule has 0 saturated carbocycles. The number of piperazine rings is 1. The molecule has 0 unspecified atom stereocenters. The van der Waals surface area contributed by atoms with E-state index in [1.807, 2.05) is 0 Å². The lowest BCUT2D eigenvalue weighted by molar-refractivity contribution is -0.137. The van der Waals surface area contributed by atoms with Crippen molar-refractivity contribution in [1.82, 2.24) is 24.8 Å². The van der Waals surface area contributed by atoms with Crippen LogP contribution in [0, 0.1) is 6.92 Å². The van der Waals surface area contributed by atoms with E-state index >= 15 is 0 Å². The van der Waals surface area contributed by atoms with Gasteiger partial charge in [-0.3, -0.25) is 19.4 Å². The largest absolute Gasteiger partial charge is 0.481 e. The van der Waals surface area contributed by atoms with Crippen molar-refractivity contribution in [3.8, 4) is 10.6 Å². The van der Waals surface area contributed by atoms with Gasteiger partial charge in [0.1, 0.15) is 16.5 Å². The van der Waals surface area contributed by atoms with Crippen molar-refractivity contribution >= 4 is 40.2 Å². The number of carboxylic acid groups (broad SMARTS) is 1. The number of thiophene rings is 1. The van der Waals surface area contributed by atoms with Gasteiger partial charge < -0.3 is 10.0 Å². The summed E-state index contributed by atoms with van der Waals surface area (Å²) >= 11 is 3.35. The Morgan fingerprint density at radius 1 is 1.10 bits per heavy atom. The maximum atomic E-state index is 13.2. The Kier molecular flexibility index (Phi) is 8.70. The van der Waals surface area contributed by atoms with Crippen LogP contribution in [0.1, 0.15) is 59.0 Å². The number of thiazole rings is 1. The maximum absolute atomic E-state index is 13.2. The molecule has 3 aromatic heterocycles. The monoisotopic (exact) mass is 568 g/mol. The number of aryl methyl sites for hydroxylation is 1. The number of carbonyl (C=O) groups is 2. The summed E-state index contributed by atoms with van der Waals surface area (Å²) in [6.07, 6.45) is 6.06. The van der Waals surface area contributed by atoms with Crippen LogP contribution in [0.25, 0.3) is 10.6 Å². The molecule has 39 heavy (non-hydrogen) atoms. The van der Waals surface area contributed by atoms with Crippen molar-refractivity contribution in [3.63, 3.8) is 0 Å². The van der Waals surface area contributed by atoms with Crippen LogP contribution in [0.3, 0.4) is 0 Å². The molecule has 0 spiro atoms. The predicted molar refractivity (Wildman–Crippen MR) is 155 cm³/mol. The number of rotatable bonds is 10.